The minimum absolute atomic E-state index is 0.0233. The van der Waals surface area contributed by atoms with Gasteiger partial charge in [0.1, 0.15) is 5.82 Å². The van der Waals surface area contributed by atoms with Crippen LogP contribution in [0.4, 0.5) is 10.1 Å². The van der Waals surface area contributed by atoms with Crippen molar-refractivity contribution in [2.75, 3.05) is 50.8 Å². The second-order valence-corrected chi connectivity index (χ2v) is 10.1. The number of hydrogen-bond acceptors (Lipinski definition) is 5. The topological polar surface area (TPSA) is 81.2 Å². The van der Waals surface area contributed by atoms with E-state index >= 15 is 0 Å². The van der Waals surface area contributed by atoms with Gasteiger partial charge in [0.05, 0.1) is 17.9 Å². The van der Waals surface area contributed by atoms with Crippen molar-refractivity contribution in [1.82, 2.24) is 13.5 Å². The van der Waals surface area contributed by atoms with Gasteiger partial charge < -0.3 is 0 Å². The first-order valence-electron chi connectivity index (χ1n) is 10.4. The fourth-order valence-corrected chi connectivity index (χ4v) is 6.06. The number of Topliss-reactive ketones (excluding diaryl/α,β-unsaturated/α-hetero) is 1. The van der Waals surface area contributed by atoms with Gasteiger partial charge in [-0.2, -0.15) is 17.0 Å². The zero-order chi connectivity index (χ0) is 21.5. The van der Waals surface area contributed by atoms with E-state index in [1.807, 2.05) is 4.90 Å². The predicted molar refractivity (Wildman–Crippen MR) is 110 cm³/mol. The molecule has 164 valence electrons. The average Bonchev–Trinajstić information content (AvgIpc) is 2.91. The van der Waals surface area contributed by atoms with Crippen molar-refractivity contribution in [3.8, 4) is 0 Å². The lowest BCUT2D eigenvalue weighted by Crippen LogP contribution is -2.55. The number of rotatable bonds is 4. The second-order valence-electron chi connectivity index (χ2n) is 8.18. The third-order valence-corrected chi connectivity index (χ3v) is 8.09. The van der Waals surface area contributed by atoms with E-state index in [4.69, 9.17) is 0 Å². The molecule has 1 aromatic carbocycles. The lowest BCUT2D eigenvalue weighted by atomic mass is 10.1. The van der Waals surface area contributed by atoms with Crippen LogP contribution >= 0.6 is 0 Å². The number of aryl methyl sites for hydroxylation is 1. The molecule has 3 aliphatic rings. The van der Waals surface area contributed by atoms with Crippen LogP contribution in [0.25, 0.3) is 0 Å². The summed E-state index contributed by atoms with van der Waals surface area (Å²) < 4.78 is 43.5. The van der Waals surface area contributed by atoms with Crippen molar-refractivity contribution in [2.45, 2.75) is 32.6 Å². The molecule has 3 aliphatic heterocycles. The summed E-state index contributed by atoms with van der Waals surface area (Å²) in [6.45, 7) is 4.28. The summed E-state index contributed by atoms with van der Waals surface area (Å²) in [6, 6.07) is 2.84. The number of ketones is 1. The number of piperazine rings is 1. The summed E-state index contributed by atoms with van der Waals surface area (Å²) in [6.07, 6.45) is 3.88. The molecule has 3 heterocycles. The molecule has 0 saturated carbocycles. The monoisotopic (exact) mass is 438 g/mol. The van der Waals surface area contributed by atoms with Gasteiger partial charge in [0, 0.05) is 39.3 Å². The van der Waals surface area contributed by atoms with E-state index in [0.29, 0.717) is 44.8 Å². The SMILES string of the molecule is Cc1cc(F)c2c(c1)C(=O)C(=O)N2CN1CCN(S(=O)(=O)N2CCCCCC2)CC1. The molecule has 1 amide bonds. The molecular weight excluding hydrogens is 411 g/mol. The van der Waals surface area contributed by atoms with Crippen molar-refractivity contribution in [3.63, 3.8) is 0 Å². The van der Waals surface area contributed by atoms with E-state index < -0.39 is 27.7 Å². The highest BCUT2D eigenvalue weighted by atomic mass is 32.2. The zero-order valence-corrected chi connectivity index (χ0v) is 18.0. The van der Waals surface area contributed by atoms with Crippen molar-refractivity contribution < 1.29 is 22.4 Å². The van der Waals surface area contributed by atoms with Crippen LogP contribution in [-0.4, -0.2) is 79.6 Å². The third-order valence-electron chi connectivity index (χ3n) is 6.05. The fraction of sp³-hybridized carbons (Fsp3) is 0.600. The predicted octanol–water partition coefficient (Wildman–Crippen LogP) is 1.36. The summed E-state index contributed by atoms with van der Waals surface area (Å²) in [5.74, 6) is -2.03. The van der Waals surface area contributed by atoms with Crippen molar-refractivity contribution in [1.29, 1.82) is 0 Å². The average molecular weight is 439 g/mol. The van der Waals surface area contributed by atoms with Crippen molar-refractivity contribution in [2.24, 2.45) is 0 Å². The summed E-state index contributed by atoms with van der Waals surface area (Å²) in [5, 5.41) is 0. The standard InChI is InChI=1S/C20H27FN4O4S/c1-15-12-16-18(17(21)13-15)25(20(27)19(16)26)14-22-8-10-24(11-9-22)30(28,29)23-6-4-2-3-5-7-23/h12-13H,2-11,14H2,1H3. The summed E-state index contributed by atoms with van der Waals surface area (Å²) >= 11 is 0. The van der Waals surface area contributed by atoms with Crippen molar-refractivity contribution >= 4 is 27.6 Å². The van der Waals surface area contributed by atoms with Crippen LogP contribution in [0.5, 0.6) is 0 Å². The first-order valence-corrected chi connectivity index (χ1v) is 11.8. The van der Waals surface area contributed by atoms with Gasteiger partial charge in [0.15, 0.2) is 0 Å². The number of nitrogens with zero attached hydrogens (tertiary/aromatic N) is 4. The number of fused-ring (bicyclic) bond motifs is 1. The van der Waals surface area contributed by atoms with Crippen LogP contribution in [0.3, 0.4) is 0 Å². The Balaban J connectivity index is 1.42. The molecule has 2 fully saturated rings. The largest absolute Gasteiger partial charge is 0.300 e. The molecular formula is C20H27FN4O4S. The van der Waals surface area contributed by atoms with E-state index in [-0.39, 0.29) is 17.9 Å². The van der Waals surface area contributed by atoms with Gasteiger partial charge in [-0.3, -0.25) is 19.4 Å². The Morgan fingerprint density at radius 2 is 1.50 bits per heavy atom. The van der Waals surface area contributed by atoms with Crippen LogP contribution in [0, 0.1) is 12.7 Å². The van der Waals surface area contributed by atoms with Gasteiger partial charge in [-0.25, -0.2) is 4.39 Å². The first kappa shape index (κ1) is 21.4. The highest BCUT2D eigenvalue weighted by molar-refractivity contribution is 7.86. The number of carbonyl (C=O) groups excluding carboxylic acids is 2. The maximum absolute atomic E-state index is 14.5. The van der Waals surface area contributed by atoms with Gasteiger partial charge in [-0.15, -0.1) is 0 Å². The van der Waals surface area contributed by atoms with E-state index in [1.165, 1.54) is 21.3 Å². The molecule has 0 unspecified atom stereocenters. The molecule has 10 heteroatoms. The Bertz CT molecular complexity index is 952. The van der Waals surface area contributed by atoms with Gasteiger partial charge in [0.2, 0.25) is 0 Å². The zero-order valence-electron chi connectivity index (χ0n) is 17.1. The first-order chi connectivity index (χ1) is 14.3. The smallest absolute Gasteiger partial charge is 0.288 e. The lowest BCUT2D eigenvalue weighted by molar-refractivity contribution is -0.114. The Kier molecular flexibility index (Phi) is 5.93. The number of amides is 1. The number of halogens is 1. The molecule has 0 radical (unpaired) electrons. The van der Waals surface area contributed by atoms with Crippen LogP contribution < -0.4 is 4.90 Å². The molecule has 8 nitrogen and oxygen atoms in total. The fourth-order valence-electron chi connectivity index (χ4n) is 4.39. The maximum Gasteiger partial charge on any atom is 0.300 e. The Morgan fingerprint density at radius 1 is 0.900 bits per heavy atom. The van der Waals surface area contributed by atoms with E-state index in [2.05, 4.69) is 0 Å². The molecule has 0 spiro atoms. The molecule has 2 saturated heterocycles. The summed E-state index contributed by atoms with van der Waals surface area (Å²) in [5.41, 5.74) is 0.705. The number of hydrogen-bond donors (Lipinski definition) is 0. The molecule has 0 atom stereocenters. The maximum atomic E-state index is 14.5. The molecule has 30 heavy (non-hydrogen) atoms. The quantitative estimate of drug-likeness (QED) is 0.663. The minimum atomic E-state index is -3.49. The van der Waals surface area contributed by atoms with Crippen LogP contribution in [0.15, 0.2) is 12.1 Å². The molecule has 0 N–H and O–H groups in total. The Labute approximate surface area is 176 Å². The van der Waals surface area contributed by atoms with E-state index in [9.17, 15) is 22.4 Å². The molecule has 1 aromatic rings. The molecule has 0 aliphatic carbocycles. The number of carbonyl (C=O) groups is 2. The third kappa shape index (κ3) is 3.89. The van der Waals surface area contributed by atoms with Gasteiger partial charge in [-0.05, 0) is 37.5 Å². The van der Waals surface area contributed by atoms with E-state index in [1.54, 1.807) is 11.2 Å². The van der Waals surface area contributed by atoms with E-state index in [0.717, 1.165) is 25.7 Å². The van der Waals surface area contributed by atoms with Crippen LogP contribution in [0.1, 0.15) is 41.6 Å². The van der Waals surface area contributed by atoms with Crippen LogP contribution in [-0.2, 0) is 15.0 Å². The minimum Gasteiger partial charge on any atom is -0.288 e. The Morgan fingerprint density at radius 3 is 2.13 bits per heavy atom. The van der Waals surface area contributed by atoms with Crippen molar-refractivity contribution in [3.05, 3.63) is 29.1 Å². The van der Waals surface area contributed by atoms with Gasteiger partial charge >= 0.3 is 5.91 Å². The highest BCUT2D eigenvalue weighted by Crippen LogP contribution is 2.33. The summed E-state index contributed by atoms with van der Waals surface area (Å²) in [4.78, 5) is 27.8. The highest BCUT2D eigenvalue weighted by Gasteiger charge is 2.40. The van der Waals surface area contributed by atoms with Crippen LogP contribution in [0.2, 0.25) is 0 Å². The summed E-state index contributed by atoms with van der Waals surface area (Å²) in [7, 11) is -3.49. The number of anilines is 1. The number of benzene rings is 1. The lowest BCUT2D eigenvalue weighted by Gasteiger charge is -2.37. The second kappa shape index (κ2) is 8.33. The molecule has 0 aromatic heterocycles. The molecule has 4 rings (SSSR count). The van der Waals surface area contributed by atoms with Gasteiger partial charge in [0.25, 0.3) is 16.0 Å². The normalized spacial score (nSPS) is 22.4. The Hall–Kier alpha value is -1.88. The molecule has 0 bridgehead atoms. The van der Waals surface area contributed by atoms with Gasteiger partial charge in [-0.1, -0.05) is 12.8 Å².